The van der Waals surface area contributed by atoms with Crippen LogP contribution < -0.4 is 5.46 Å². The second-order valence-corrected chi connectivity index (χ2v) is 6.86. The molecule has 0 saturated carbocycles. The molecule has 2 rings (SSSR count). The number of pyridine rings is 1. The van der Waals surface area contributed by atoms with Crippen molar-refractivity contribution in [2.24, 2.45) is 5.92 Å². The van der Waals surface area contributed by atoms with Crippen molar-refractivity contribution in [3.63, 3.8) is 0 Å². The first-order valence-corrected chi connectivity index (χ1v) is 7.13. The maximum absolute atomic E-state index is 14.0. The van der Waals surface area contributed by atoms with Crippen LogP contribution in [-0.2, 0) is 15.7 Å². The van der Waals surface area contributed by atoms with Gasteiger partial charge in [-0.15, -0.1) is 0 Å². The fourth-order valence-corrected chi connectivity index (χ4v) is 2.28. The van der Waals surface area contributed by atoms with Gasteiger partial charge in [0.25, 0.3) is 0 Å². The smallest absolute Gasteiger partial charge is 0.399 e. The van der Waals surface area contributed by atoms with E-state index < -0.39 is 24.3 Å². The van der Waals surface area contributed by atoms with Crippen molar-refractivity contribution >= 4 is 12.6 Å². The van der Waals surface area contributed by atoms with Crippen LogP contribution in [0.15, 0.2) is 12.3 Å². The Balaban J connectivity index is 2.37. The molecule has 1 aromatic rings. The summed E-state index contributed by atoms with van der Waals surface area (Å²) in [5.74, 6) is -0.0826. The fraction of sp³-hybridized carbons (Fsp3) is 0.667. The van der Waals surface area contributed by atoms with Crippen molar-refractivity contribution in [1.29, 1.82) is 0 Å². The molecule has 0 spiro atoms. The van der Waals surface area contributed by atoms with Crippen molar-refractivity contribution in [2.45, 2.75) is 59.2 Å². The summed E-state index contributed by atoms with van der Waals surface area (Å²) >= 11 is 0. The summed E-state index contributed by atoms with van der Waals surface area (Å²) in [6.45, 7) is 12.1. The molecule has 0 bridgehead atoms. The molecule has 20 heavy (non-hydrogen) atoms. The lowest BCUT2D eigenvalue weighted by Gasteiger charge is -2.32. The maximum atomic E-state index is 14.0. The van der Waals surface area contributed by atoms with E-state index in [-0.39, 0.29) is 0 Å². The predicted octanol–water partition coefficient (Wildman–Crippen LogP) is 2.72. The molecular formula is C15H23BFNO2. The Morgan fingerprint density at radius 1 is 1.20 bits per heavy atom. The van der Waals surface area contributed by atoms with Crippen LogP contribution in [0.25, 0.3) is 0 Å². The minimum absolute atomic E-state index is 0.342. The minimum Gasteiger partial charge on any atom is -0.399 e. The lowest BCUT2D eigenvalue weighted by Crippen LogP contribution is -2.41. The van der Waals surface area contributed by atoms with Gasteiger partial charge in [0.1, 0.15) is 0 Å². The first-order valence-electron chi connectivity index (χ1n) is 7.13. The zero-order valence-electron chi connectivity index (χ0n) is 13.2. The van der Waals surface area contributed by atoms with Crippen molar-refractivity contribution in [3.8, 4) is 0 Å². The van der Waals surface area contributed by atoms with E-state index in [0.29, 0.717) is 17.9 Å². The number of rotatable bonds is 3. The molecule has 0 atom stereocenters. The average Bonchev–Trinajstić information content (AvgIpc) is 2.50. The standard InChI is InChI=1S/C15H23BFNO2/c1-10(2)9-11-12(7-8-18-13(11)17)16-19-14(3,4)15(5,6)20-16/h7-8,10H,9H2,1-6H3. The Bertz CT molecular complexity index is 487. The quantitative estimate of drug-likeness (QED) is 0.629. The van der Waals surface area contributed by atoms with Crippen LogP contribution >= 0.6 is 0 Å². The van der Waals surface area contributed by atoms with Gasteiger partial charge in [-0.3, -0.25) is 0 Å². The van der Waals surface area contributed by atoms with E-state index in [1.165, 1.54) is 6.20 Å². The van der Waals surface area contributed by atoms with Gasteiger partial charge in [0.05, 0.1) is 11.2 Å². The summed E-state index contributed by atoms with van der Waals surface area (Å²) in [4.78, 5) is 3.76. The number of hydrogen-bond donors (Lipinski definition) is 0. The summed E-state index contributed by atoms with van der Waals surface area (Å²) in [6, 6.07) is 1.79. The van der Waals surface area contributed by atoms with Gasteiger partial charge < -0.3 is 9.31 Å². The lowest BCUT2D eigenvalue weighted by molar-refractivity contribution is 0.00578. The van der Waals surface area contributed by atoms with Crippen LogP contribution in [0.4, 0.5) is 4.39 Å². The van der Waals surface area contributed by atoms with E-state index in [9.17, 15) is 4.39 Å². The fourth-order valence-electron chi connectivity index (χ4n) is 2.28. The van der Waals surface area contributed by atoms with Crippen LogP contribution in [0.5, 0.6) is 0 Å². The summed E-state index contributed by atoms with van der Waals surface area (Å²) in [5.41, 5.74) is 0.504. The average molecular weight is 279 g/mol. The first-order chi connectivity index (χ1) is 9.14. The predicted molar refractivity (Wildman–Crippen MR) is 78.5 cm³/mol. The normalized spacial score (nSPS) is 20.7. The van der Waals surface area contributed by atoms with Crippen molar-refractivity contribution in [3.05, 3.63) is 23.8 Å². The SMILES string of the molecule is CC(C)Cc1c(B2OC(C)(C)C(C)(C)O2)ccnc1F. The van der Waals surface area contributed by atoms with Gasteiger partial charge in [0.15, 0.2) is 0 Å². The topological polar surface area (TPSA) is 31.4 Å². The molecule has 110 valence electrons. The molecule has 1 fully saturated rings. The number of aromatic nitrogens is 1. The number of nitrogens with zero attached hydrogens (tertiary/aromatic N) is 1. The first kappa shape index (κ1) is 15.5. The summed E-state index contributed by atoms with van der Waals surface area (Å²) in [6.07, 6.45) is 2.10. The van der Waals surface area contributed by atoms with Gasteiger partial charge in [-0.1, -0.05) is 13.8 Å². The second-order valence-electron chi connectivity index (χ2n) is 6.86. The largest absolute Gasteiger partial charge is 0.495 e. The Hall–Kier alpha value is -0.935. The van der Waals surface area contributed by atoms with Crippen molar-refractivity contribution in [2.75, 3.05) is 0 Å². The highest BCUT2D eigenvalue weighted by molar-refractivity contribution is 6.62. The maximum Gasteiger partial charge on any atom is 0.495 e. The van der Waals surface area contributed by atoms with E-state index in [2.05, 4.69) is 18.8 Å². The summed E-state index contributed by atoms with van der Waals surface area (Å²) < 4.78 is 26.0. The summed E-state index contributed by atoms with van der Waals surface area (Å²) in [5, 5.41) is 0. The van der Waals surface area contributed by atoms with E-state index in [4.69, 9.17) is 9.31 Å². The number of hydrogen-bond acceptors (Lipinski definition) is 3. The Morgan fingerprint density at radius 2 is 1.75 bits per heavy atom. The molecule has 0 amide bonds. The van der Waals surface area contributed by atoms with Gasteiger partial charge >= 0.3 is 7.12 Å². The Labute approximate surface area is 121 Å². The molecule has 0 radical (unpaired) electrons. The van der Waals surface area contributed by atoms with Gasteiger partial charge in [-0.05, 0) is 51.6 Å². The Kier molecular flexibility index (Phi) is 3.95. The zero-order chi connectivity index (χ0) is 15.1. The highest BCUT2D eigenvalue weighted by Crippen LogP contribution is 2.36. The van der Waals surface area contributed by atoms with Crippen molar-refractivity contribution in [1.82, 2.24) is 4.98 Å². The molecule has 1 aromatic heterocycles. The Morgan fingerprint density at radius 3 is 2.25 bits per heavy atom. The number of halogens is 1. The highest BCUT2D eigenvalue weighted by Gasteiger charge is 2.52. The minimum atomic E-state index is -0.536. The van der Waals surface area contributed by atoms with Gasteiger partial charge in [-0.2, -0.15) is 4.39 Å². The van der Waals surface area contributed by atoms with Crippen LogP contribution in [-0.4, -0.2) is 23.3 Å². The molecule has 1 aliphatic heterocycles. The van der Waals surface area contributed by atoms with Crippen LogP contribution in [0, 0.1) is 11.9 Å². The zero-order valence-corrected chi connectivity index (χ0v) is 13.2. The molecule has 1 aliphatic rings. The molecular weight excluding hydrogens is 256 g/mol. The van der Waals surface area contributed by atoms with Crippen LogP contribution in [0.2, 0.25) is 0 Å². The molecule has 2 heterocycles. The van der Waals surface area contributed by atoms with Gasteiger partial charge in [0, 0.05) is 11.8 Å². The lowest BCUT2D eigenvalue weighted by atomic mass is 9.75. The van der Waals surface area contributed by atoms with E-state index in [1.54, 1.807) is 6.07 Å². The second kappa shape index (κ2) is 5.12. The van der Waals surface area contributed by atoms with Gasteiger partial charge in [0.2, 0.25) is 5.95 Å². The van der Waals surface area contributed by atoms with E-state index >= 15 is 0 Å². The van der Waals surface area contributed by atoms with Crippen LogP contribution in [0.3, 0.4) is 0 Å². The molecule has 0 aromatic carbocycles. The molecule has 0 aliphatic carbocycles. The third kappa shape index (κ3) is 2.74. The van der Waals surface area contributed by atoms with E-state index in [0.717, 1.165) is 5.46 Å². The monoisotopic (exact) mass is 279 g/mol. The van der Waals surface area contributed by atoms with Crippen molar-refractivity contribution < 1.29 is 13.7 Å². The van der Waals surface area contributed by atoms with Crippen LogP contribution in [0.1, 0.15) is 47.1 Å². The molecule has 5 heteroatoms. The van der Waals surface area contributed by atoms with E-state index in [1.807, 2.05) is 27.7 Å². The highest BCUT2D eigenvalue weighted by atomic mass is 19.1. The third-order valence-electron chi connectivity index (χ3n) is 4.16. The molecule has 0 N–H and O–H groups in total. The molecule has 3 nitrogen and oxygen atoms in total. The summed E-state index contributed by atoms with van der Waals surface area (Å²) in [7, 11) is -0.536. The molecule has 0 unspecified atom stereocenters. The van der Waals surface area contributed by atoms with Gasteiger partial charge in [-0.25, -0.2) is 4.98 Å². The third-order valence-corrected chi connectivity index (χ3v) is 4.16. The molecule has 1 saturated heterocycles.